The molecule has 0 heterocycles. The lowest BCUT2D eigenvalue weighted by Gasteiger charge is -2.23. The van der Waals surface area contributed by atoms with E-state index in [9.17, 15) is 15.3 Å². The van der Waals surface area contributed by atoms with Gasteiger partial charge in [-0.05, 0) is 44.1 Å². The Labute approximate surface area is 128 Å². The van der Waals surface area contributed by atoms with Crippen molar-refractivity contribution in [3.63, 3.8) is 0 Å². The normalized spacial score (nSPS) is 38.3. The van der Waals surface area contributed by atoms with Crippen LogP contribution in [0, 0.1) is 11.8 Å². The molecule has 3 N–H and O–H groups in total. The zero-order valence-corrected chi connectivity index (χ0v) is 13.5. The highest BCUT2D eigenvalue weighted by atomic mass is 16.3. The van der Waals surface area contributed by atoms with Gasteiger partial charge < -0.3 is 15.3 Å². The number of allylic oxidation sites excluding steroid dienone is 4. The zero-order valence-electron chi connectivity index (χ0n) is 13.5. The minimum absolute atomic E-state index is 0.184. The summed E-state index contributed by atoms with van der Waals surface area (Å²) in [4.78, 5) is 0. The number of hydrogen-bond acceptors (Lipinski definition) is 3. The molecule has 0 bridgehead atoms. The van der Waals surface area contributed by atoms with Crippen molar-refractivity contribution < 1.29 is 15.3 Å². The lowest BCUT2D eigenvalue weighted by molar-refractivity contribution is 0.0556. The van der Waals surface area contributed by atoms with E-state index in [1.807, 2.05) is 0 Å². The van der Waals surface area contributed by atoms with E-state index in [1.54, 1.807) is 13.0 Å². The van der Waals surface area contributed by atoms with E-state index in [0.29, 0.717) is 18.3 Å². The first-order valence-electron chi connectivity index (χ1n) is 7.94. The SMILES string of the molecule is CC(C)[C@H]1/C=C/[C@@](C)(O)C[C@@H](O)/C=C(\O)CC/C=C/CC1. The molecule has 0 aromatic rings. The Bertz CT molecular complexity index is 391. The average molecular weight is 294 g/mol. The second kappa shape index (κ2) is 8.40. The van der Waals surface area contributed by atoms with Crippen molar-refractivity contribution in [2.24, 2.45) is 11.8 Å². The molecule has 0 spiro atoms. The molecular weight excluding hydrogens is 264 g/mol. The van der Waals surface area contributed by atoms with Gasteiger partial charge in [0.2, 0.25) is 0 Å². The fourth-order valence-corrected chi connectivity index (χ4v) is 2.59. The highest BCUT2D eigenvalue weighted by molar-refractivity contribution is 5.07. The van der Waals surface area contributed by atoms with Gasteiger partial charge in [0.15, 0.2) is 0 Å². The van der Waals surface area contributed by atoms with Crippen LogP contribution in [0.2, 0.25) is 0 Å². The molecule has 3 heteroatoms. The molecule has 120 valence electrons. The van der Waals surface area contributed by atoms with Crippen LogP contribution in [0.1, 0.15) is 52.9 Å². The first-order valence-corrected chi connectivity index (χ1v) is 7.94. The molecule has 1 aliphatic carbocycles. The van der Waals surface area contributed by atoms with Crippen molar-refractivity contribution in [1.82, 2.24) is 0 Å². The quantitative estimate of drug-likeness (QED) is 0.643. The molecule has 0 saturated heterocycles. The Hall–Kier alpha value is -1.06. The van der Waals surface area contributed by atoms with E-state index in [1.165, 1.54) is 6.08 Å². The van der Waals surface area contributed by atoms with Gasteiger partial charge in [-0.3, -0.25) is 0 Å². The third-order valence-electron chi connectivity index (χ3n) is 3.97. The standard InChI is InChI=1S/C18H30O3/c1-14(2)15-8-6-4-5-7-9-16(19)12-17(20)13-18(3,21)11-10-15/h4-5,10-12,14-15,17,19-21H,6-9,13H2,1-3H3/b5-4+,11-10+,16-12-/t15-,17+,18-/m1/s1. The van der Waals surface area contributed by atoms with Crippen LogP contribution in [0.25, 0.3) is 0 Å². The van der Waals surface area contributed by atoms with Crippen LogP contribution in [0.3, 0.4) is 0 Å². The fraction of sp³-hybridized carbons (Fsp3) is 0.667. The Morgan fingerprint density at radius 2 is 1.90 bits per heavy atom. The van der Waals surface area contributed by atoms with Crippen LogP contribution >= 0.6 is 0 Å². The Balaban J connectivity index is 2.89. The number of rotatable bonds is 1. The average Bonchev–Trinajstić information content (AvgIpc) is 2.34. The van der Waals surface area contributed by atoms with Gasteiger partial charge in [-0.2, -0.15) is 0 Å². The summed E-state index contributed by atoms with van der Waals surface area (Å²) in [5, 5.41) is 30.1. The Morgan fingerprint density at radius 3 is 2.57 bits per heavy atom. The van der Waals surface area contributed by atoms with Crippen LogP contribution in [0.5, 0.6) is 0 Å². The second-order valence-corrected chi connectivity index (χ2v) is 6.64. The molecule has 1 aliphatic rings. The number of aliphatic hydroxyl groups is 3. The lowest BCUT2D eigenvalue weighted by atomic mass is 9.88. The molecule has 0 saturated carbocycles. The molecule has 0 amide bonds. The maximum absolute atomic E-state index is 10.4. The smallest absolute Gasteiger partial charge is 0.0911 e. The van der Waals surface area contributed by atoms with Crippen molar-refractivity contribution in [3.05, 3.63) is 36.1 Å². The topological polar surface area (TPSA) is 60.7 Å². The van der Waals surface area contributed by atoms with Gasteiger partial charge in [-0.1, -0.05) is 38.2 Å². The summed E-state index contributed by atoms with van der Waals surface area (Å²) < 4.78 is 0. The number of hydrogen-bond donors (Lipinski definition) is 3. The van der Waals surface area contributed by atoms with E-state index in [-0.39, 0.29) is 12.2 Å². The Kier molecular flexibility index (Phi) is 7.20. The summed E-state index contributed by atoms with van der Waals surface area (Å²) in [6, 6.07) is 0. The third kappa shape index (κ3) is 7.49. The van der Waals surface area contributed by atoms with E-state index >= 15 is 0 Å². The maximum atomic E-state index is 10.4. The van der Waals surface area contributed by atoms with E-state index in [0.717, 1.165) is 19.3 Å². The monoisotopic (exact) mass is 294 g/mol. The van der Waals surface area contributed by atoms with Crippen LogP contribution in [-0.4, -0.2) is 27.0 Å². The van der Waals surface area contributed by atoms with Gasteiger partial charge in [0, 0.05) is 12.8 Å². The van der Waals surface area contributed by atoms with Gasteiger partial charge in [-0.25, -0.2) is 0 Å². The van der Waals surface area contributed by atoms with Gasteiger partial charge in [-0.15, -0.1) is 0 Å². The van der Waals surface area contributed by atoms with Gasteiger partial charge >= 0.3 is 0 Å². The maximum Gasteiger partial charge on any atom is 0.0911 e. The second-order valence-electron chi connectivity index (χ2n) is 6.64. The largest absolute Gasteiger partial charge is 0.513 e. The molecular formula is C18H30O3. The summed E-state index contributed by atoms with van der Waals surface area (Å²) in [7, 11) is 0. The Morgan fingerprint density at radius 1 is 1.24 bits per heavy atom. The van der Waals surface area contributed by atoms with E-state index < -0.39 is 11.7 Å². The lowest BCUT2D eigenvalue weighted by Crippen LogP contribution is -2.27. The van der Waals surface area contributed by atoms with Gasteiger partial charge in [0.05, 0.1) is 17.5 Å². The van der Waals surface area contributed by atoms with Crippen molar-refractivity contribution in [3.8, 4) is 0 Å². The molecule has 1 rings (SSSR count). The van der Waals surface area contributed by atoms with Crippen LogP contribution < -0.4 is 0 Å². The number of aliphatic hydroxyl groups excluding tert-OH is 2. The molecule has 0 unspecified atom stereocenters. The van der Waals surface area contributed by atoms with Crippen molar-refractivity contribution in [2.45, 2.75) is 64.6 Å². The summed E-state index contributed by atoms with van der Waals surface area (Å²) in [6.45, 7) is 6.07. The van der Waals surface area contributed by atoms with Crippen LogP contribution in [0.15, 0.2) is 36.1 Å². The predicted molar refractivity (Wildman–Crippen MR) is 87.0 cm³/mol. The predicted octanol–water partition coefficient (Wildman–Crippen LogP) is 3.89. The molecule has 0 fully saturated rings. The molecule has 0 aromatic carbocycles. The highest BCUT2D eigenvalue weighted by Crippen LogP contribution is 2.23. The molecule has 0 aromatic heterocycles. The van der Waals surface area contributed by atoms with Gasteiger partial charge in [0.25, 0.3) is 0 Å². The van der Waals surface area contributed by atoms with E-state index in [2.05, 4.69) is 32.1 Å². The molecule has 3 atom stereocenters. The first-order chi connectivity index (χ1) is 9.80. The minimum Gasteiger partial charge on any atom is -0.513 e. The van der Waals surface area contributed by atoms with Crippen molar-refractivity contribution >= 4 is 0 Å². The zero-order chi connectivity index (χ0) is 15.9. The molecule has 0 radical (unpaired) electrons. The summed E-state index contributed by atoms with van der Waals surface area (Å²) in [6.07, 6.45) is 12.2. The van der Waals surface area contributed by atoms with E-state index in [4.69, 9.17) is 0 Å². The van der Waals surface area contributed by atoms with Crippen molar-refractivity contribution in [1.29, 1.82) is 0 Å². The molecule has 3 nitrogen and oxygen atoms in total. The first kappa shape index (κ1) is 18.0. The van der Waals surface area contributed by atoms with Crippen molar-refractivity contribution in [2.75, 3.05) is 0 Å². The minimum atomic E-state index is -1.07. The third-order valence-corrected chi connectivity index (χ3v) is 3.97. The fourth-order valence-electron chi connectivity index (χ4n) is 2.59. The summed E-state index contributed by atoms with van der Waals surface area (Å²) in [5.41, 5.74) is -1.07. The van der Waals surface area contributed by atoms with Gasteiger partial charge in [0.1, 0.15) is 0 Å². The molecule has 21 heavy (non-hydrogen) atoms. The summed E-state index contributed by atoms with van der Waals surface area (Å²) >= 11 is 0. The van der Waals surface area contributed by atoms with Crippen LogP contribution in [-0.2, 0) is 0 Å². The highest BCUT2D eigenvalue weighted by Gasteiger charge is 2.22. The van der Waals surface area contributed by atoms with Crippen LogP contribution in [0.4, 0.5) is 0 Å². The molecule has 0 aliphatic heterocycles. The summed E-state index contributed by atoms with van der Waals surface area (Å²) in [5.74, 6) is 1.13.